The van der Waals surface area contributed by atoms with Gasteiger partial charge in [0.15, 0.2) is 0 Å². The van der Waals surface area contributed by atoms with Crippen molar-refractivity contribution in [2.24, 2.45) is 5.41 Å². The molecule has 1 fully saturated rings. The van der Waals surface area contributed by atoms with Crippen molar-refractivity contribution in [3.8, 4) is 0 Å². The van der Waals surface area contributed by atoms with Crippen LogP contribution in [0.4, 0.5) is 5.82 Å². The number of fused-ring (bicyclic) bond motifs is 1. The van der Waals surface area contributed by atoms with Crippen LogP contribution >= 0.6 is 0 Å². The van der Waals surface area contributed by atoms with Crippen LogP contribution in [0, 0.1) is 5.41 Å². The molecule has 0 saturated heterocycles. The van der Waals surface area contributed by atoms with E-state index in [0.717, 1.165) is 30.9 Å². The number of nitrogens with zero attached hydrogens (tertiary/aromatic N) is 2. The number of hydrogen-bond acceptors (Lipinski definition) is 3. The predicted molar refractivity (Wildman–Crippen MR) is 76.3 cm³/mol. The molecule has 0 unspecified atom stereocenters. The molecule has 0 spiro atoms. The van der Waals surface area contributed by atoms with Gasteiger partial charge in [-0.1, -0.05) is 25.3 Å². The lowest BCUT2D eigenvalue weighted by Gasteiger charge is -2.36. The second-order valence-corrected chi connectivity index (χ2v) is 5.64. The summed E-state index contributed by atoms with van der Waals surface area (Å²) in [5, 5.41) is 13.2. The average molecular weight is 259 g/mol. The van der Waals surface area contributed by atoms with Crippen LogP contribution in [0.3, 0.4) is 0 Å². The van der Waals surface area contributed by atoms with Crippen molar-refractivity contribution in [3.05, 3.63) is 30.6 Å². The highest BCUT2D eigenvalue weighted by Gasteiger charge is 2.31. The maximum Gasteiger partial charge on any atom is 0.138 e. The van der Waals surface area contributed by atoms with Gasteiger partial charge in [0, 0.05) is 24.4 Å². The molecule has 2 aromatic rings. The number of aliphatic hydroxyl groups excluding tert-OH is 1. The lowest BCUT2D eigenvalue weighted by Crippen LogP contribution is -2.35. The third-order valence-corrected chi connectivity index (χ3v) is 4.32. The monoisotopic (exact) mass is 259 g/mol. The Hall–Kier alpha value is -1.55. The Morgan fingerprint density at radius 3 is 2.89 bits per heavy atom. The summed E-state index contributed by atoms with van der Waals surface area (Å²) in [5.74, 6) is 1.05. The van der Waals surface area contributed by atoms with Crippen molar-refractivity contribution in [2.45, 2.75) is 32.1 Å². The Morgan fingerprint density at radius 1 is 1.26 bits per heavy atom. The Balaban J connectivity index is 1.76. The summed E-state index contributed by atoms with van der Waals surface area (Å²) in [4.78, 5) is 4.29. The second kappa shape index (κ2) is 5.21. The summed E-state index contributed by atoms with van der Waals surface area (Å²) in [6, 6.07) is 6.06. The topological polar surface area (TPSA) is 49.6 Å². The molecule has 1 aliphatic rings. The fourth-order valence-electron chi connectivity index (χ4n) is 3.06. The molecule has 4 nitrogen and oxygen atoms in total. The smallest absolute Gasteiger partial charge is 0.138 e. The Kier molecular flexibility index (Phi) is 3.42. The van der Waals surface area contributed by atoms with Crippen LogP contribution in [-0.2, 0) is 0 Å². The molecule has 2 N–H and O–H groups in total. The van der Waals surface area contributed by atoms with Gasteiger partial charge in [-0.3, -0.25) is 4.40 Å². The van der Waals surface area contributed by atoms with E-state index in [9.17, 15) is 5.11 Å². The van der Waals surface area contributed by atoms with E-state index in [2.05, 4.69) is 16.4 Å². The van der Waals surface area contributed by atoms with Crippen LogP contribution in [0.2, 0.25) is 0 Å². The van der Waals surface area contributed by atoms with Gasteiger partial charge in [0.1, 0.15) is 11.5 Å². The molecule has 0 aromatic carbocycles. The molecular formula is C15H21N3O. The van der Waals surface area contributed by atoms with Crippen molar-refractivity contribution >= 4 is 11.5 Å². The van der Waals surface area contributed by atoms with E-state index in [-0.39, 0.29) is 12.0 Å². The van der Waals surface area contributed by atoms with Crippen molar-refractivity contribution in [1.82, 2.24) is 9.38 Å². The fraction of sp³-hybridized carbons (Fsp3) is 0.533. The van der Waals surface area contributed by atoms with Crippen molar-refractivity contribution in [3.63, 3.8) is 0 Å². The molecule has 0 amide bonds. The number of pyridine rings is 1. The van der Waals surface area contributed by atoms with Gasteiger partial charge in [-0.2, -0.15) is 0 Å². The van der Waals surface area contributed by atoms with Gasteiger partial charge >= 0.3 is 0 Å². The Labute approximate surface area is 113 Å². The predicted octanol–water partition coefficient (Wildman–Crippen LogP) is 2.69. The molecule has 2 heterocycles. The van der Waals surface area contributed by atoms with E-state index in [0.29, 0.717) is 0 Å². The molecule has 4 heteroatoms. The van der Waals surface area contributed by atoms with Crippen LogP contribution in [0.1, 0.15) is 32.1 Å². The first-order valence-corrected chi connectivity index (χ1v) is 7.10. The third kappa shape index (κ3) is 2.45. The lowest BCUT2D eigenvalue weighted by atomic mass is 9.74. The number of rotatable bonds is 4. The summed E-state index contributed by atoms with van der Waals surface area (Å²) in [5.41, 5.74) is 1.01. The SMILES string of the molecule is OCC1(CNc2cccc3nccn23)CCCCC1. The van der Waals surface area contributed by atoms with Crippen LogP contribution in [0.15, 0.2) is 30.6 Å². The van der Waals surface area contributed by atoms with Crippen molar-refractivity contribution in [2.75, 3.05) is 18.5 Å². The summed E-state index contributed by atoms with van der Waals surface area (Å²) >= 11 is 0. The van der Waals surface area contributed by atoms with E-state index in [1.807, 2.05) is 28.9 Å². The highest BCUT2D eigenvalue weighted by atomic mass is 16.3. The number of imidazole rings is 1. The van der Waals surface area contributed by atoms with Gasteiger partial charge in [-0.25, -0.2) is 4.98 Å². The van der Waals surface area contributed by atoms with E-state index in [1.165, 1.54) is 19.3 Å². The van der Waals surface area contributed by atoms with Gasteiger partial charge in [-0.05, 0) is 25.0 Å². The van der Waals surface area contributed by atoms with Crippen LogP contribution < -0.4 is 5.32 Å². The zero-order valence-corrected chi connectivity index (χ0v) is 11.2. The molecule has 0 aliphatic heterocycles. The van der Waals surface area contributed by atoms with Crippen molar-refractivity contribution < 1.29 is 5.11 Å². The molecule has 0 atom stereocenters. The second-order valence-electron chi connectivity index (χ2n) is 5.64. The first-order chi connectivity index (χ1) is 9.33. The lowest BCUT2D eigenvalue weighted by molar-refractivity contribution is 0.0943. The molecule has 0 radical (unpaired) electrons. The molecule has 102 valence electrons. The van der Waals surface area contributed by atoms with Gasteiger partial charge in [0.25, 0.3) is 0 Å². The quantitative estimate of drug-likeness (QED) is 0.887. The first kappa shape index (κ1) is 12.5. The largest absolute Gasteiger partial charge is 0.396 e. The average Bonchev–Trinajstić information content (AvgIpc) is 2.95. The van der Waals surface area contributed by atoms with E-state index in [4.69, 9.17) is 0 Å². The maximum absolute atomic E-state index is 9.73. The Bertz CT molecular complexity index is 543. The number of aliphatic hydroxyl groups is 1. The highest BCUT2D eigenvalue weighted by molar-refractivity contribution is 5.49. The van der Waals surface area contributed by atoms with Crippen molar-refractivity contribution in [1.29, 1.82) is 0 Å². The number of aromatic nitrogens is 2. The van der Waals surface area contributed by atoms with E-state index in [1.54, 1.807) is 0 Å². The fourth-order valence-corrected chi connectivity index (χ4v) is 3.06. The van der Waals surface area contributed by atoms with E-state index < -0.39 is 0 Å². The maximum atomic E-state index is 9.73. The van der Waals surface area contributed by atoms with Crippen LogP contribution in [0.5, 0.6) is 0 Å². The minimum absolute atomic E-state index is 0.0565. The van der Waals surface area contributed by atoms with Gasteiger partial charge in [-0.15, -0.1) is 0 Å². The summed E-state index contributed by atoms with van der Waals surface area (Å²) < 4.78 is 2.05. The normalized spacial score (nSPS) is 18.6. The summed E-state index contributed by atoms with van der Waals surface area (Å²) in [6.45, 7) is 1.11. The number of anilines is 1. The summed E-state index contributed by atoms with van der Waals surface area (Å²) in [7, 11) is 0. The molecule has 3 rings (SSSR count). The molecule has 19 heavy (non-hydrogen) atoms. The molecule has 0 bridgehead atoms. The number of hydrogen-bond donors (Lipinski definition) is 2. The van der Waals surface area contributed by atoms with Gasteiger partial charge < -0.3 is 10.4 Å². The number of nitrogens with one attached hydrogen (secondary N) is 1. The van der Waals surface area contributed by atoms with E-state index >= 15 is 0 Å². The minimum Gasteiger partial charge on any atom is -0.396 e. The molecule has 2 aromatic heterocycles. The highest BCUT2D eigenvalue weighted by Crippen LogP contribution is 2.36. The summed E-state index contributed by atoms with van der Waals surface area (Å²) in [6.07, 6.45) is 9.79. The zero-order chi connectivity index (χ0) is 13.1. The Morgan fingerprint density at radius 2 is 2.11 bits per heavy atom. The van der Waals surface area contributed by atoms with Crippen LogP contribution in [-0.4, -0.2) is 27.6 Å². The third-order valence-electron chi connectivity index (χ3n) is 4.32. The molecule has 1 aliphatic carbocycles. The first-order valence-electron chi connectivity index (χ1n) is 7.10. The van der Waals surface area contributed by atoms with Gasteiger partial charge in [0.2, 0.25) is 0 Å². The zero-order valence-electron chi connectivity index (χ0n) is 11.2. The standard InChI is InChI=1S/C15H21N3O/c19-12-15(7-2-1-3-8-15)11-17-14-6-4-5-13-16-9-10-18(13)14/h4-6,9-10,17,19H,1-3,7-8,11-12H2. The van der Waals surface area contributed by atoms with Gasteiger partial charge in [0.05, 0.1) is 6.61 Å². The minimum atomic E-state index is 0.0565. The molecule has 1 saturated carbocycles. The molecular weight excluding hydrogens is 238 g/mol. The van der Waals surface area contributed by atoms with Crippen LogP contribution in [0.25, 0.3) is 5.65 Å².